The van der Waals surface area contributed by atoms with Crippen molar-refractivity contribution in [2.45, 2.75) is 0 Å². The number of amides is 4. The quantitative estimate of drug-likeness (QED) is 0.327. The first-order valence-corrected chi connectivity index (χ1v) is 9.50. The van der Waals surface area contributed by atoms with Gasteiger partial charge in [-0.1, -0.05) is 36.4 Å². The molecule has 0 aliphatic rings. The fourth-order valence-electron chi connectivity index (χ4n) is 3.03. The van der Waals surface area contributed by atoms with Gasteiger partial charge in [-0.2, -0.15) is 0 Å². The van der Waals surface area contributed by atoms with Crippen molar-refractivity contribution in [1.29, 1.82) is 0 Å². The molecule has 0 saturated carbocycles. The van der Waals surface area contributed by atoms with Gasteiger partial charge in [-0.3, -0.25) is 20.4 Å². The summed E-state index contributed by atoms with van der Waals surface area (Å²) in [6, 6.07) is 22.3. The van der Waals surface area contributed by atoms with Crippen LogP contribution in [-0.2, 0) is 0 Å². The van der Waals surface area contributed by atoms with Crippen LogP contribution in [0.4, 0.5) is 16.2 Å². The Balaban J connectivity index is 1.32. The SMILES string of the molecule is O=C(Nc1ccccc1)Nc1ccc(C(=O)NNC(=O)c2c[nH]c3ccccc23)cc1. The molecule has 0 saturated heterocycles. The van der Waals surface area contributed by atoms with Crippen molar-refractivity contribution in [1.82, 2.24) is 15.8 Å². The number of rotatable bonds is 4. The van der Waals surface area contributed by atoms with E-state index in [2.05, 4.69) is 26.5 Å². The Morgan fingerprint density at radius 2 is 1.26 bits per heavy atom. The Morgan fingerprint density at radius 3 is 2.00 bits per heavy atom. The summed E-state index contributed by atoms with van der Waals surface area (Å²) in [5.41, 5.74) is 7.58. The minimum absolute atomic E-state index is 0.327. The Bertz CT molecular complexity index is 1230. The molecule has 3 aromatic carbocycles. The van der Waals surface area contributed by atoms with Gasteiger partial charge in [-0.15, -0.1) is 0 Å². The molecule has 4 amide bonds. The minimum Gasteiger partial charge on any atom is -0.360 e. The fraction of sp³-hybridized carbons (Fsp3) is 0. The zero-order chi connectivity index (χ0) is 21.6. The Labute approximate surface area is 177 Å². The van der Waals surface area contributed by atoms with E-state index < -0.39 is 17.8 Å². The number of aromatic nitrogens is 1. The lowest BCUT2D eigenvalue weighted by Gasteiger charge is -2.09. The van der Waals surface area contributed by atoms with E-state index in [1.807, 2.05) is 42.5 Å². The molecule has 5 N–H and O–H groups in total. The lowest BCUT2D eigenvalue weighted by atomic mass is 10.2. The largest absolute Gasteiger partial charge is 0.360 e. The van der Waals surface area contributed by atoms with Gasteiger partial charge in [-0.05, 0) is 42.5 Å². The second-order valence-corrected chi connectivity index (χ2v) is 6.68. The number of anilines is 2. The van der Waals surface area contributed by atoms with Crippen molar-refractivity contribution in [3.05, 3.63) is 96.2 Å². The molecule has 0 aliphatic carbocycles. The summed E-state index contributed by atoms with van der Waals surface area (Å²) in [7, 11) is 0. The van der Waals surface area contributed by atoms with Gasteiger partial charge in [0.05, 0.1) is 5.56 Å². The molecule has 4 aromatic rings. The monoisotopic (exact) mass is 413 g/mol. The first-order chi connectivity index (χ1) is 15.1. The van der Waals surface area contributed by atoms with Gasteiger partial charge >= 0.3 is 6.03 Å². The molecular weight excluding hydrogens is 394 g/mol. The molecule has 1 heterocycles. The van der Waals surface area contributed by atoms with E-state index in [0.717, 1.165) is 10.9 Å². The summed E-state index contributed by atoms with van der Waals surface area (Å²) >= 11 is 0. The molecule has 154 valence electrons. The van der Waals surface area contributed by atoms with Gasteiger partial charge < -0.3 is 15.6 Å². The van der Waals surface area contributed by atoms with Crippen LogP contribution in [-0.4, -0.2) is 22.8 Å². The molecule has 0 unspecified atom stereocenters. The zero-order valence-corrected chi connectivity index (χ0v) is 16.3. The summed E-state index contributed by atoms with van der Waals surface area (Å²) in [5.74, 6) is -0.907. The highest BCUT2D eigenvalue weighted by Crippen LogP contribution is 2.17. The third-order valence-corrected chi connectivity index (χ3v) is 4.56. The molecule has 8 heteroatoms. The first kappa shape index (κ1) is 19.7. The van der Waals surface area contributed by atoms with Crippen LogP contribution < -0.4 is 21.5 Å². The molecule has 0 atom stereocenters. The van der Waals surface area contributed by atoms with Crippen molar-refractivity contribution in [2.75, 3.05) is 10.6 Å². The van der Waals surface area contributed by atoms with Crippen molar-refractivity contribution < 1.29 is 14.4 Å². The predicted octanol–water partition coefficient (Wildman–Crippen LogP) is 3.89. The van der Waals surface area contributed by atoms with Crippen molar-refractivity contribution >= 4 is 40.1 Å². The van der Waals surface area contributed by atoms with E-state index in [9.17, 15) is 14.4 Å². The lowest BCUT2D eigenvalue weighted by molar-refractivity contribution is 0.0847. The van der Waals surface area contributed by atoms with E-state index in [-0.39, 0.29) is 0 Å². The van der Waals surface area contributed by atoms with E-state index >= 15 is 0 Å². The van der Waals surface area contributed by atoms with Gasteiger partial charge in [0.25, 0.3) is 11.8 Å². The van der Waals surface area contributed by atoms with Crippen molar-refractivity contribution in [2.24, 2.45) is 0 Å². The molecule has 0 aliphatic heterocycles. The van der Waals surface area contributed by atoms with Crippen LogP contribution in [0.1, 0.15) is 20.7 Å². The highest BCUT2D eigenvalue weighted by molar-refractivity contribution is 6.07. The third kappa shape index (κ3) is 4.70. The Kier molecular flexibility index (Phi) is 5.62. The van der Waals surface area contributed by atoms with E-state index in [0.29, 0.717) is 22.5 Å². The van der Waals surface area contributed by atoms with Crippen LogP contribution in [0.3, 0.4) is 0 Å². The first-order valence-electron chi connectivity index (χ1n) is 9.50. The summed E-state index contributed by atoms with van der Waals surface area (Å²) < 4.78 is 0. The number of carbonyl (C=O) groups is 3. The van der Waals surface area contributed by atoms with E-state index in [1.165, 1.54) is 0 Å². The molecular formula is C23H19N5O3. The minimum atomic E-state index is -0.478. The number of aromatic amines is 1. The van der Waals surface area contributed by atoms with Crippen LogP contribution in [0, 0.1) is 0 Å². The van der Waals surface area contributed by atoms with E-state index in [4.69, 9.17) is 0 Å². The zero-order valence-electron chi connectivity index (χ0n) is 16.3. The number of para-hydroxylation sites is 2. The van der Waals surface area contributed by atoms with Crippen LogP contribution in [0.2, 0.25) is 0 Å². The number of nitrogens with one attached hydrogen (secondary N) is 5. The van der Waals surface area contributed by atoms with Crippen LogP contribution >= 0.6 is 0 Å². The normalized spacial score (nSPS) is 10.3. The molecule has 1 aromatic heterocycles. The summed E-state index contributed by atoms with van der Waals surface area (Å²) in [4.78, 5) is 39.7. The maximum atomic E-state index is 12.4. The number of urea groups is 1. The third-order valence-electron chi connectivity index (χ3n) is 4.56. The van der Waals surface area contributed by atoms with Crippen LogP contribution in [0.5, 0.6) is 0 Å². The smallest absolute Gasteiger partial charge is 0.323 e. The van der Waals surface area contributed by atoms with Gasteiger partial charge in [0, 0.05) is 34.0 Å². The number of hydrazine groups is 1. The number of H-pyrrole nitrogens is 1. The van der Waals surface area contributed by atoms with Gasteiger partial charge in [-0.25, -0.2) is 4.79 Å². The predicted molar refractivity (Wildman–Crippen MR) is 119 cm³/mol. The Morgan fingerprint density at radius 1 is 0.645 bits per heavy atom. The number of hydrogen-bond acceptors (Lipinski definition) is 3. The van der Waals surface area contributed by atoms with Crippen molar-refractivity contribution in [3.8, 4) is 0 Å². The van der Waals surface area contributed by atoms with Crippen LogP contribution in [0.15, 0.2) is 85.1 Å². The molecule has 0 radical (unpaired) electrons. The maximum absolute atomic E-state index is 12.4. The number of benzene rings is 3. The molecule has 0 spiro atoms. The highest BCUT2D eigenvalue weighted by atomic mass is 16.2. The molecule has 0 fully saturated rings. The van der Waals surface area contributed by atoms with Gasteiger partial charge in [0.2, 0.25) is 0 Å². The van der Waals surface area contributed by atoms with Crippen molar-refractivity contribution in [3.63, 3.8) is 0 Å². The maximum Gasteiger partial charge on any atom is 0.323 e. The number of fused-ring (bicyclic) bond motifs is 1. The summed E-state index contributed by atoms with van der Waals surface area (Å²) in [6.07, 6.45) is 1.59. The topological polar surface area (TPSA) is 115 Å². The lowest BCUT2D eigenvalue weighted by Crippen LogP contribution is -2.41. The number of carbonyl (C=O) groups excluding carboxylic acids is 3. The van der Waals surface area contributed by atoms with Crippen LogP contribution in [0.25, 0.3) is 10.9 Å². The number of hydrogen-bond donors (Lipinski definition) is 5. The second-order valence-electron chi connectivity index (χ2n) is 6.68. The standard InChI is InChI=1S/C23H19N5O3/c29-21(27-28-22(30)19-14-24-20-9-5-4-8-18(19)20)15-10-12-17(13-11-15)26-23(31)25-16-6-2-1-3-7-16/h1-14,24H,(H,27,29)(H,28,30)(H2,25,26,31). The van der Waals surface area contributed by atoms with E-state index in [1.54, 1.807) is 42.6 Å². The summed E-state index contributed by atoms with van der Waals surface area (Å²) in [6.45, 7) is 0. The second kappa shape index (κ2) is 8.83. The average Bonchev–Trinajstić information content (AvgIpc) is 3.23. The fourth-order valence-corrected chi connectivity index (χ4v) is 3.03. The molecule has 31 heavy (non-hydrogen) atoms. The molecule has 4 rings (SSSR count). The molecule has 8 nitrogen and oxygen atoms in total. The Hall–Kier alpha value is -4.59. The highest BCUT2D eigenvalue weighted by Gasteiger charge is 2.13. The molecule has 0 bridgehead atoms. The van der Waals surface area contributed by atoms with Gasteiger partial charge in [0.1, 0.15) is 0 Å². The van der Waals surface area contributed by atoms with Gasteiger partial charge in [0.15, 0.2) is 0 Å². The average molecular weight is 413 g/mol. The summed E-state index contributed by atoms with van der Waals surface area (Å²) in [5, 5.41) is 6.16.